The quantitative estimate of drug-likeness (QED) is 0.253. The topological polar surface area (TPSA) is 34.1 Å². The molecule has 33 heavy (non-hydrogen) atoms. The van der Waals surface area contributed by atoms with Crippen LogP contribution in [0.1, 0.15) is 31.8 Å². The van der Waals surface area contributed by atoms with Crippen LogP contribution in [0.5, 0.6) is 0 Å². The minimum absolute atomic E-state index is 0.146. The second kappa shape index (κ2) is 9.19. The molecule has 5 rings (SSSR count). The van der Waals surface area contributed by atoms with Gasteiger partial charge in [0.05, 0.1) is 11.1 Å². The average molecular weight is 445 g/mol. The first kappa shape index (κ1) is 20.8. The Kier molecular flexibility index (Phi) is 5.79. The third-order valence-electron chi connectivity index (χ3n) is 5.51. The Bertz CT molecular complexity index is 1290. The van der Waals surface area contributed by atoms with Crippen molar-refractivity contribution >= 4 is 22.9 Å². The summed E-state index contributed by atoms with van der Waals surface area (Å²) in [7, 11) is 0. The van der Waals surface area contributed by atoms with Crippen LogP contribution in [0.2, 0.25) is 0 Å². The molecule has 3 heteroatoms. The number of ketones is 2. The summed E-state index contributed by atoms with van der Waals surface area (Å²) in [5.41, 5.74) is 3.90. The van der Waals surface area contributed by atoms with E-state index in [1.54, 1.807) is 24.3 Å². The van der Waals surface area contributed by atoms with Gasteiger partial charge in [-0.25, -0.2) is 0 Å². The minimum atomic E-state index is -0.146. The lowest BCUT2D eigenvalue weighted by molar-refractivity contribution is 0.100. The Balaban J connectivity index is 1.83. The molecule has 2 nitrogen and oxygen atoms in total. The molecule has 5 aromatic rings. The zero-order valence-electron chi connectivity index (χ0n) is 17.8. The summed E-state index contributed by atoms with van der Waals surface area (Å²) in [6.45, 7) is 0. The third kappa shape index (κ3) is 4.07. The highest BCUT2D eigenvalue weighted by atomic mass is 32.1. The van der Waals surface area contributed by atoms with Crippen LogP contribution >= 0.6 is 11.3 Å². The van der Waals surface area contributed by atoms with Gasteiger partial charge in [-0.2, -0.15) is 0 Å². The molecule has 0 amide bonds. The highest BCUT2D eigenvalue weighted by Crippen LogP contribution is 2.44. The van der Waals surface area contributed by atoms with E-state index in [1.165, 1.54) is 11.3 Å². The summed E-state index contributed by atoms with van der Waals surface area (Å²) >= 11 is 1.50. The normalized spacial score (nSPS) is 10.7. The standard InChI is InChI=1S/C30H20O2S/c31-27(21-13-5-1-6-14-21)25-26(28(32)22-15-7-2-8-16-22)30(24-19-11-4-12-20-24)33-29(25)23-17-9-3-10-18-23/h1-20H. The van der Waals surface area contributed by atoms with Crippen molar-refractivity contribution in [3.8, 4) is 20.9 Å². The number of hydrogen-bond donors (Lipinski definition) is 0. The van der Waals surface area contributed by atoms with Gasteiger partial charge in [-0.05, 0) is 11.1 Å². The van der Waals surface area contributed by atoms with Gasteiger partial charge in [0.2, 0.25) is 0 Å². The van der Waals surface area contributed by atoms with Gasteiger partial charge >= 0.3 is 0 Å². The summed E-state index contributed by atoms with van der Waals surface area (Å²) in [5.74, 6) is -0.292. The van der Waals surface area contributed by atoms with Gasteiger partial charge in [-0.3, -0.25) is 9.59 Å². The lowest BCUT2D eigenvalue weighted by Crippen LogP contribution is -2.11. The Labute approximate surface area is 196 Å². The van der Waals surface area contributed by atoms with Crippen molar-refractivity contribution in [2.24, 2.45) is 0 Å². The predicted octanol–water partition coefficient (Wildman–Crippen LogP) is 7.54. The number of benzene rings is 4. The van der Waals surface area contributed by atoms with Gasteiger partial charge < -0.3 is 0 Å². The molecule has 0 saturated heterocycles. The lowest BCUT2D eigenvalue weighted by Gasteiger charge is -2.09. The van der Waals surface area contributed by atoms with Crippen molar-refractivity contribution < 1.29 is 9.59 Å². The first-order valence-corrected chi connectivity index (χ1v) is 11.5. The number of rotatable bonds is 6. The van der Waals surface area contributed by atoms with Crippen LogP contribution < -0.4 is 0 Å². The van der Waals surface area contributed by atoms with E-state index in [0.717, 1.165) is 20.9 Å². The van der Waals surface area contributed by atoms with Crippen LogP contribution in [0.4, 0.5) is 0 Å². The average Bonchev–Trinajstić information content (AvgIpc) is 3.30. The van der Waals surface area contributed by atoms with Crippen molar-refractivity contribution in [1.29, 1.82) is 0 Å². The lowest BCUT2D eigenvalue weighted by atomic mass is 9.90. The molecule has 0 aliphatic heterocycles. The third-order valence-corrected chi connectivity index (χ3v) is 6.79. The SMILES string of the molecule is O=C(c1ccccc1)c1c(-c2ccccc2)sc(-c2ccccc2)c1C(=O)c1ccccc1. The summed E-state index contributed by atoms with van der Waals surface area (Å²) in [5, 5.41) is 0. The number of carbonyl (C=O) groups excluding carboxylic acids is 2. The fourth-order valence-electron chi connectivity index (χ4n) is 3.92. The predicted molar refractivity (Wildman–Crippen MR) is 135 cm³/mol. The van der Waals surface area contributed by atoms with Crippen molar-refractivity contribution in [2.75, 3.05) is 0 Å². The van der Waals surface area contributed by atoms with Gasteiger partial charge in [0, 0.05) is 20.9 Å². The first-order valence-electron chi connectivity index (χ1n) is 10.7. The second-order valence-corrected chi connectivity index (χ2v) is 8.65. The molecule has 0 radical (unpaired) electrons. The molecule has 0 atom stereocenters. The molecule has 1 aromatic heterocycles. The molecule has 0 aliphatic rings. The first-order chi connectivity index (χ1) is 16.2. The number of thiophene rings is 1. The molecule has 0 bridgehead atoms. The van der Waals surface area contributed by atoms with Crippen molar-refractivity contribution in [3.63, 3.8) is 0 Å². The Morgan fingerprint density at radius 1 is 0.424 bits per heavy atom. The summed E-state index contributed by atoms with van der Waals surface area (Å²) in [6.07, 6.45) is 0. The van der Waals surface area contributed by atoms with Crippen LogP contribution in [0.15, 0.2) is 121 Å². The second-order valence-electron chi connectivity index (χ2n) is 7.63. The smallest absolute Gasteiger partial charge is 0.195 e. The number of hydrogen-bond acceptors (Lipinski definition) is 3. The van der Waals surface area contributed by atoms with Crippen molar-refractivity contribution in [3.05, 3.63) is 144 Å². The van der Waals surface area contributed by atoms with Gasteiger partial charge in [0.15, 0.2) is 11.6 Å². The maximum Gasteiger partial charge on any atom is 0.195 e. The molecule has 0 saturated carbocycles. The van der Waals surface area contributed by atoms with Crippen LogP contribution in [-0.4, -0.2) is 11.6 Å². The molecule has 158 valence electrons. The largest absolute Gasteiger partial charge is 0.289 e. The maximum atomic E-state index is 13.9. The van der Waals surface area contributed by atoms with Crippen LogP contribution in [0, 0.1) is 0 Å². The molecule has 0 N–H and O–H groups in total. The van der Waals surface area contributed by atoms with E-state index < -0.39 is 0 Å². The Hall–Kier alpha value is -4.08. The summed E-state index contributed by atoms with van der Waals surface area (Å²) < 4.78 is 0. The van der Waals surface area contributed by atoms with Crippen LogP contribution in [-0.2, 0) is 0 Å². The monoisotopic (exact) mass is 444 g/mol. The number of carbonyl (C=O) groups is 2. The summed E-state index contributed by atoms with van der Waals surface area (Å²) in [6, 6.07) is 38.0. The van der Waals surface area contributed by atoms with Gasteiger partial charge in [-0.1, -0.05) is 121 Å². The maximum absolute atomic E-state index is 13.9. The van der Waals surface area contributed by atoms with E-state index >= 15 is 0 Å². The van der Waals surface area contributed by atoms with E-state index in [0.29, 0.717) is 22.3 Å². The zero-order chi connectivity index (χ0) is 22.6. The van der Waals surface area contributed by atoms with Crippen molar-refractivity contribution in [1.82, 2.24) is 0 Å². The van der Waals surface area contributed by atoms with Gasteiger partial charge in [0.1, 0.15) is 0 Å². The molecule has 0 fully saturated rings. The van der Waals surface area contributed by atoms with E-state index in [9.17, 15) is 9.59 Å². The van der Waals surface area contributed by atoms with E-state index in [-0.39, 0.29) is 11.6 Å². The van der Waals surface area contributed by atoms with Crippen molar-refractivity contribution in [2.45, 2.75) is 0 Å². The highest BCUT2D eigenvalue weighted by molar-refractivity contribution is 7.19. The fourth-order valence-corrected chi connectivity index (χ4v) is 5.22. The molecule has 0 unspecified atom stereocenters. The van der Waals surface area contributed by atoms with Gasteiger partial charge in [0.25, 0.3) is 0 Å². The fraction of sp³-hybridized carbons (Fsp3) is 0. The Morgan fingerprint density at radius 2 is 0.727 bits per heavy atom. The molecular formula is C30H20O2S. The zero-order valence-corrected chi connectivity index (χ0v) is 18.6. The molecule has 4 aromatic carbocycles. The minimum Gasteiger partial charge on any atom is -0.289 e. The molecular weight excluding hydrogens is 424 g/mol. The van der Waals surface area contributed by atoms with E-state index in [2.05, 4.69) is 0 Å². The van der Waals surface area contributed by atoms with Gasteiger partial charge in [-0.15, -0.1) is 11.3 Å². The molecule has 0 spiro atoms. The summed E-state index contributed by atoms with van der Waals surface area (Å²) in [4.78, 5) is 29.4. The van der Waals surface area contributed by atoms with E-state index in [1.807, 2.05) is 97.1 Å². The van der Waals surface area contributed by atoms with Crippen LogP contribution in [0.3, 0.4) is 0 Å². The van der Waals surface area contributed by atoms with Crippen LogP contribution in [0.25, 0.3) is 20.9 Å². The molecule has 1 heterocycles. The Morgan fingerprint density at radius 3 is 1.06 bits per heavy atom. The highest BCUT2D eigenvalue weighted by Gasteiger charge is 2.30. The van der Waals surface area contributed by atoms with E-state index in [4.69, 9.17) is 0 Å². The molecule has 0 aliphatic carbocycles.